The van der Waals surface area contributed by atoms with Crippen LogP contribution in [0.5, 0.6) is 0 Å². The lowest BCUT2D eigenvalue weighted by molar-refractivity contribution is 0.0935. The third-order valence-corrected chi connectivity index (χ3v) is 4.00. The number of carbonyl (C=O) groups excluding carboxylic acids is 1. The number of aryl methyl sites for hydroxylation is 2. The molecule has 1 amide bonds. The number of nitrogens with two attached hydrogens (primary N) is 1. The Morgan fingerprint density at radius 3 is 2.75 bits per heavy atom. The van der Waals surface area contributed by atoms with Crippen molar-refractivity contribution >= 4 is 23.1 Å². The van der Waals surface area contributed by atoms with E-state index in [-0.39, 0.29) is 11.9 Å². The van der Waals surface area contributed by atoms with Crippen molar-refractivity contribution in [2.24, 2.45) is 5.84 Å². The van der Waals surface area contributed by atoms with Crippen molar-refractivity contribution in [3.63, 3.8) is 0 Å². The minimum absolute atomic E-state index is 0.0521. The summed E-state index contributed by atoms with van der Waals surface area (Å²) < 4.78 is 0. The Balaban J connectivity index is 2.12. The summed E-state index contributed by atoms with van der Waals surface area (Å²) in [4.78, 5) is 18.8. The number of nitrogens with zero attached hydrogens (tertiary/aromatic N) is 1. The minimum Gasteiger partial charge on any atom is -0.344 e. The predicted molar refractivity (Wildman–Crippen MR) is 81.7 cm³/mol. The number of nitrogen functional groups attached to an aromatic ring is 1. The van der Waals surface area contributed by atoms with Gasteiger partial charge in [-0.1, -0.05) is 6.07 Å². The smallest absolute Gasteiger partial charge is 0.270 e. The van der Waals surface area contributed by atoms with Gasteiger partial charge in [-0.3, -0.25) is 4.79 Å². The molecular weight excluding hydrogens is 272 g/mol. The molecule has 5 nitrogen and oxygen atoms in total. The maximum atomic E-state index is 12.2. The number of aromatic nitrogens is 1. The fourth-order valence-electron chi connectivity index (χ4n) is 2.07. The summed E-state index contributed by atoms with van der Waals surface area (Å²) in [5.41, 5.74) is 3.92. The van der Waals surface area contributed by atoms with Crippen LogP contribution in [-0.4, -0.2) is 10.9 Å². The van der Waals surface area contributed by atoms with Gasteiger partial charge in [0.25, 0.3) is 5.91 Å². The Kier molecular flexibility index (Phi) is 4.36. The Morgan fingerprint density at radius 2 is 2.15 bits per heavy atom. The number of anilines is 1. The van der Waals surface area contributed by atoms with Crippen molar-refractivity contribution in [1.29, 1.82) is 0 Å². The van der Waals surface area contributed by atoms with Crippen molar-refractivity contribution in [2.75, 3.05) is 5.43 Å². The lowest BCUT2D eigenvalue weighted by atomic mass is 10.1. The van der Waals surface area contributed by atoms with Crippen LogP contribution in [0.25, 0.3) is 0 Å². The van der Waals surface area contributed by atoms with Crippen LogP contribution in [-0.2, 0) is 0 Å². The average Bonchev–Trinajstić information content (AvgIpc) is 2.77. The van der Waals surface area contributed by atoms with Crippen LogP contribution >= 0.6 is 11.3 Å². The highest BCUT2D eigenvalue weighted by atomic mass is 32.1. The summed E-state index contributed by atoms with van der Waals surface area (Å²) in [5, 5.41) is 2.95. The number of pyridine rings is 1. The molecule has 106 valence electrons. The van der Waals surface area contributed by atoms with Crippen LogP contribution in [0.2, 0.25) is 0 Å². The number of hydrogen-bond acceptors (Lipinski definition) is 5. The van der Waals surface area contributed by atoms with Gasteiger partial charge in [0.1, 0.15) is 11.5 Å². The number of rotatable bonds is 4. The average molecular weight is 290 g/mol. The second-order valence-corrected chi connectivity index (χ2v) is 6.08. The number of nitrogens with one attached hydrogen (secondary N) is 2. The first-order valence-corrected chi connectivity index (χ1v) is 7.14. The molecule has 0 bridgehead atoms. The van der Waals surface area contributed by atoms with E-state index in [1.165, 1.54) is 9.75 Å². The quantitative estimate of drug-likeness (QED) is 0.597. The van der Waals surface area contributed by atoms with Gasteiger partial charge in [-0.2, -0.15) is 0 Å². The summed E-state index contributed by atoms with van der Waals surface area (Å²) in [7, 11) is 0. The second-order valence-electron chi connectivity index (χ2n) is 4.62. The molecule has 0 spiro atoms. The third-order valence-electron chi connectivity index (χ3n) is 3.02. The summed E-state index contributed by atoms with van der Waals surface area (Å²) in [5.74, 6) is 5.55. The van der Waals surface area contributed by atoms with E-state index in [0.717, 1.165) is 5.56 Å². The molecule has 0 aromatic carbocycles. The van der Waals surface area contributed by atoms with Crippen LogP contribution in [0.15, 0.2) is 24.3 Å². The molecule has 2 aromatic heterocycles. The van der Waals surface area contributed by atoms with Crippen molar-refractivity contribution < 1.29 is 4.79 Å². The standard InChI is InChI=1S/C14H18N4OS/c1-8-7-11(10(3)20-8)9(2)16-14(19)12-5-4-6-13(17-12)18-15/h4-7,9H,15H2,1-3H3,(H,16,19)(H,17,18). The molecule has 0 aliphatic heterocycles. The van der Waals surface area contributed by atoms with E-state index in [1.54, 1.807) is 29.5 Å². The molecule has 0 aliphatic rings. The monoisotopic (exact) mass is 290 g/mol. The van der Waals surface area contributed by atoms with Gasteiger partial charge in [0.05, 0.1) is 6.04 Å². The van der Waals surface area contributed by atoms with E-state index in [2.05, 4.69) is 35.6 Å². The van der Waals surface area contributed by atoms with Crippen molar-refractivity contribution in [3.8, 4) is 0 Å². The number of hydrogen-bond donors (Lipinski definition) is 3. The van der Waals surface area contributed by atoms with Gasteiger partial charge >= 0.3 is 0 Å². The predicted octanol–water partition coefficient (Wildman–Crippen LogP) is 2.54. The number of amides is 1. The molecule has 2 heterocycles. The van der Waals surface area contributed by atoms with Crippen molar-refractivity contribution in [2.45, 2.75) is 26.8 Å². The number of thiophene rings is 1. The van der Waals surface area contributed by atoms with Crippen LogP contribution < -0.4 is 16.6 Å². The van der Waals surface area contributed by atoms with Gasteiger partial charge < -0.3 is 10.7 Å². The molecule has 6 heteroatoms. The molecule has 4 N–H and O–H groups in total. The van der Waals surface area contributed by atoms with Crippen LogP contribution in [0.3, 0.4) is 0 Å². The first kappa shape index (κ1) is 14.5. The summed E-state index contributed by atoms with van der Waals surface area (Å²) in [6, 6.07) is 7.16. The zero-order chi connectivity index (χ0) is 14.7. The zero-order valence-electron chi connectivity index (χ0n) is 11.7. The highest BCUT2D eigenvalue weighted by molar-refractivity contribution is 7.12. The molecule has 0 radical (unpaired) electrons. The Hall–Kier alpha value is -1.92. The van der Waals surface area contributed by atoms with E-state index >= 15 is 0 Å². The molecule has 1 unspecified atom stereocenters. The fourth-order valence-corrected chi connectivity index (χ4v) is 3.09. The fraction of sp³-hybridized carbons (Fsp3) is 0.286. The molecule has 20 heavy (non-hydrogen) atoms. The van der Waals surface area contributed by atoms with Gasteiger partial charge in [0.2, 0.25) is 0 Å². The van der Waals surface area contributed by atoms with Gasteiger partial charge in [-0.25, -0.2) is 10.8 Å². The first-order valence-electron chi connectivity index (χ1n) is 6.32. The molecule has 2 aromatic rings. The minimum atomic E-state index is -0.210. The Labute approximate surface area is 122 Å². The molecular formula is C14H18N4OS. The number of carbonyl (C=O) groups is 1. The van der Waals surface area contributed by atoms with E-state index in [1.807, 2.05) is 6.92 Å². The Bertz CT molecular complexity index is 623. The molecule has 0 fully saturated rings. The van der Waals surface area contributed by atoms with Crippen LogP contribution in [0.4, 0.5) is 5.82 Å². The maximum Gasteiger partial charge on any atom is 0.270 e. The molecule has 0 saturated heterocycles. The van der Waals surface area contributed by atoms with Gasteiger partial charge in [-0.15, -0.1) is 11.3 Å². The van der Waals surface area contributed by atoms with Crippen LogP contribution in [0.1, 0.15) is 38.8 Å². The van der Waals surface area contributed by atoms with E-state index in [4.69, 9.17) is 5.84 Å². The van der Waals surface area contributed by atoms with Gasteiger partial charge in [0.15, 0.2) is 0 Å². The van der Waals surface area contributed by atoms with E-state index in [9.17, 15) is 4.79 Å². The summed E-state index contributed by atoms with van der Waals surface area (Å²) in [6.07, 6.45) is 0. The third kappa shape index (κ3) is 3.15. The van der Waals surface area contributed by atoms with E-state index in [0.29, 0.717) is 11.5 Å². The molecule has 2 rings (SSSR count). The normalized spacial score (nSPS) is 12.0. The lowest BCUT2D eigenvalue weighted by Crippen LogP contribution is -2.27. The van der Waals surface area contributed by atoms with E-state index < -0.39 is 0 Å². The molecule has 0 aliphatic carbocycles. The lowest BCUT2D eigenvalue weighted by Gasteiger charge is -2.14. The first-order chi connectivity index (χ1) is 9.51. The van der Waals surface area contributed by atoms with Crippen molar-refractivity contribution in [1.82, 2.24) is 10.3 Å². The molecule has 0 saturated carbocycles. The second kappa shape index (κ2) is 6.02. The Morgan fingerprint density at radius 1 is 1.40 bits per heavy atom. The summed E-state index contributed by atoms with van der Waals surface area (Å²) >= 11 is 1.73. The SMILES string of the molecule is Cc1cc(C(C)NC(=O)c2cccc(NN)n2)c(C)s1. The van der Waals surface area contributed by atoms with Crippen molar-refractivity contribution in [3.05, 3.63) is 45.3 Å². The maximum absolute atomic E-state index is 12.2. The number of hydrazine groups is 1. The highest BCUT2D eigenvalue weighted by Crippen LogP contribution is 2.26. The van der Waals surface area contributed by atoms with Gasteiger partial charge in [0, 0.05) is 9.75 Å². The molecule has 1 atom stereocenters. The zero-order valence-corrected chi connectivity index (χ0v) is 12.5. The summed E-state index contributed by atoms with van der Waals surface area (Å²) in [6.45, 7) is 6.10. The van der Waals surface area contributed by atoms with Gasteiger partial charge in [-0.05, 0) is 44.5 Å². The highest BCUT2D eigenvalue weighted by Gasteiger charge is 2.15. The topological polar surface area (TPSA) is 80.0 Å². The van der Waals surface area contributed by atoms with Crippen LogP contribution in [0, 0.1) is 13.8 Å². The largest absolute Gasteiger partial charge is 0.344 e.